The van der Waals surface area contributed by atoms with E-state index in [-0.39, 0.29) is 60.8 Å². The van der Waals surface area contributed by atoms with Crippen molar-refractivity contribution >= 4 is 68.9 Å². The Bertz CT molecular complexity index is 4720. The summed E-state index contributed by atoms with van der Waals surface area (Å²) >= 11 is 6.96. The first-order valence-corrected chi connectivity index (χ1v) is 40.7. The highest BCUT2D eigenvalue weighted by atomic mass is 32.2. The van der Waals surface area contributed by atoms with Gasteiger partial charge >= 0.3 is 22.8 Å². The average molecular weight is 1520 g/mol. The molecule has 12 rings (SSSR count). The molecule has 1 amide bonds. The van der Waals surface area contributed by atoms with Crippen LogP contribution in [0.1, 0.15) is 103 Å². The average Bonchev–Trinajstić information content (AvgIpc) is 0.827. The third-order valence-corrected chi connectivity index (χ3v) is 25.3. The Morgan fingerprint density at radius 3 is 1.27 bits per heavy atom. The van der Waals surface area contributed by atoms with E-state index in [1.807, 2.05) is 48.5 Å². The fourth-order valence-corrected chi connectivity index (χ4v) is 19.9. The van der Waals surface area contributed by atoms with E-state index in [1.165, 1.54) is 55.1 Å². The Labute approximate surface area is 615 Å². The number of aromatic amines is 3. The van der Waals surface area contributed by atoms with Gasteiger partial charge in [-0.2, -0.15) is 48.7 Å². The number of ether oxygens (including phenoxy) is 6. The van der Waals surface area contributed by atoms with Crippen molar-refractivity contribution < 1.29 is 45.8 Å². The molecule has 4 aromatic heterocycles. The summed E-state index contributed by atoms with van der Waals surface area (Å²) in [5.74, 6) is 5.48. The second-order valence-corrected chi connectivity index (χ2v) is 32.4. The highest BCUT2D eigenvalue weighted by Crippen LogP contribution is 2.52. The zero-order valence-electron chi connectivity index (χ0n) is 57.5. The molecule has 4 N–H and O–H groups in total. The van der Waals surface area contributed by atoms with Gasteiger partial charge in [0, 0.05) is 54.3 Å². The number of methoxy groups -OCH3 is 2. The largest absolute Gasteiger partial charge is 0.497 e. The second kappa shape index (κ2) is 35.0. The summed E-state index contributed by atoms with van der Waals surface area (Å²) < 4.78 is 71.8. The fraction of sp³-hybridized carbons (Fsp3) is 0.438. The van der Waals surface area contributed by atoms with E-state index >= 15 is 0 Å². The molecule has 0 aliphatic carbocycles. The lowest BCUT2D eigenvalue weighted by molar-refractivity contribution is -0.0143. The normalized spacial score (nSPS) is 23.3. The summed E-state index contributed by atoms with van der Waals surface area (Å²) in [5, 5.41) is 2.76. The number of H-pyrrole nitrogens is 3. The number of aromatic nitrogens is 8. The Morgan fingerprint density at radius 2 is 0.875 bits per heavy atom. The first-order valence-electron chi connectivity index (χ1n) is 34.4. The number of nitrogens with zero attached hydrogens (tertiary/aromatic N) is 5. The minimum Gasteiger partial charge on any atom is -0.497 e. The predicted octanol–water partition coefficient (Wildman–Crippen LogP) is 8.24. The maximum atomic E-state index is 14.1. The van der Waals surface area contributed by atoms with Crippen LogP contribution >= 0.6 is 47.0 Å². The molecule has 8 aromatic rings. The molecule has 0 unspecified atom stereocenters. The highest BCUT2D eigenvalue weighted by molar-refractivity contribution is 8.00. The highest BCUT2D eigenvalue weighted by Gasteiger charge is 2.44. The molecule has 26 nitrogen and oxygen atoms in total. The van der Waals surface area contributed by atoms with Gasteiger partial charge in [0.25, 0.3) is 32.7 Å². The molecule has 12 atom stereocenters. The standard InChI is InChI=1S/C73H83N9O17S5/c1-93-54-18-14-52(15-19-54)73(51-12-8-5-9-13-51,53-16-20-55(94-2)21-17-53)103-45-50-41-67(79-30-22-60(75-69(79)87)74-68(86)46-10-6-4-7-11-46)99-59(50)29-37-102-44-49-40-66(82-33-25-63(85)78-72(82)90)98-58(49)28-36-101-43-48-39-65(81-32-24-62(84)77-71(81)89)97-57(48)27-35-100-42-47-38-64(80-31-23-61(83)76-70(80)88)96-56(47)26-34-95-104(3,91)92/h4-25,30-33,47-50,56-59,64-67H,26-29,34-45H2,1-3H3,(H,76,83,88)(H,77,84,89)(H,78,85,90)(H,74,75,86,87)/t47-,48-,49-,50-,56-,57-,58-,59-,64-,65-,66-,67-/m1/s1. The lowest BCUT2D eigenvalue weighted by atomic mass is 9.84. The van der Waals surface area contributed by atoms with E-state index in [9.17, 15) is 46.8 Å². The summed E-state index contributed by atoms with van der Waals surface area (Å²) in [7, 11) is -0.424. The molecule has 104 heavy (non-hydrogen) atoms. The van der Waals surface area contributed by atoms with Gasteiger partial charge in [0.15, 0.2) is 0 Å². The molecule has 4 aliphatic rings. The van der Waals surface area contributed by atoms with E-state index in [0.717, 1.165) is 34.4 Å². The van der Waals surface area contributed by atoms with Gasteiger partial charge in [0.2, 0.25) is 0 Å². The van der Waals surface area contributed by atoms with Crippen LogP contribution in [-0.2, 0) is 38.0 Å². The van der Waals surface area contributed by atoms with E-state index in [2.05, 4.69) is 61.7 Å². The summed E-state index contributed by atoms with van der Waals surface area (Å²) in [6, 6.07) is 40.8. The van der Waals surface area contributed by atoms with Gasteiger partial charge in [-0.25, -0.2) is 19.2 Å². The first-order chi connectivity index (χ1) is 50.3. The van der Waals surface area contributed by atoms with Crippen molar-refractivity contribution in [1.29, 1.82) is 0 Å². The van der Waals surface area contributed by atoms with E-state index < -0.39 is 91.2 Å². The second-order valence-electron chi connectivity index (χ2n) is 26.1. The molecule has 4 aliphatic heterocycles. The molecule has 31 heteroatoms. The minimum absolute atomic E-state index is 0.0129. The van der Waals surface area contributed by atoms with Crippen molar-refractivity contribution in [2.45, 2.75) is 105 Å². The maximum absolute atomic E-state index is 14.1. The third kappa shape index (κ3) is 18.8. The molecule has 0 saturated carbocycles. The van der Waals surface area contributed by atoms with Gasteiger partial charge < -0.3 is 33.7 Å². The van der Waals surface area contributed by atoms with Crippen LogP contribution < -0.4 is 54.2 Å². The lowest BCUT2D eigenvalue weighted by Gasteiger charge is -2.37. The fourth-order valence-electron chi connectivity index (χ4n) is 14.1. The van der Waals surface area contributed by atoms with Crippen LogP contribution in [0.3, 0.4) is 0 Å². The number of amides is 1. The Morgan fingerprint density at radius 1 is 0.500 bits per heavy atom. The smallest absolute Gasteiger partial charge is 0.351 e. The number of hydrogen-bond acceptors (Lipinski definition) is 22. The van der Waals surface area contributed by atoms with Gasteiger partial charge in [-0.1, -0.05) is 72.8 Å². The number of carbonyl (C=O) groups is 1. The molecule has 0 radical (unpaired) electrons. The molecule has 4 saturated heterocycles. The SMILES string of the molecule is COc1ccc(C(SC[C@H]2C[C@H](n3ccc(NC(=O)c4ccccc4)nc3=O)O[C@@H]2CCSC[C@H]2C[C@H](n3ccc(=O)[nH]c3=O)O[C@@H]2CCSC[C@H]2C[C@H](n3ccc(=O)[nH]c3=O)O[C@@H]2CCSC[C@H]2C[C@H](n3ccc(=O)[nH]c3=O)O[C@@H]2CCOS(C)(=O)=O)(c2ccccc2)c2ccc(OC)cc2)cc1. The number of thioether (sulfide) groups is 4. The van der Waals surface area contributed by atoms with Crippen LogP contribution in [0.15, 0.2) is 192 Å². The van der Waals surface area contributed by atoms with Crippen molar-refractivity contribution in [2.75, 3.05) is 72.7 Å². The van der Waals surface area contributed by atoms with Gasteiger partial charge in [0.05, 0.1) is 56.2 Å². The summed E-state index contributed by atoms with van der Waals surface area (Å²) in [6.45, 7) is -0.111. The van der Waals surface area contributed by atoms with E-state index in [0.29, 0.717) is 90.8 Å². The minimum atomic E-state index is -3.72. The van der Waals surface area contributed by atoms with Crippen LogP contribution in [-0.4, -0.2) is 144 Å². The molecule has 552 valence electrons. The number of rotatable bonds is 33. The summed E-state index contributed by atoms with van der Waals surface area (Å²) in [5.41, 5.74) is -0.364. The van der Waals surface area contributed by atoms with Crippen molar-refractivity contribution in [1.82, 2.24) is 38.2 Å². The van der Waals surface area contributed by atoms with E-state index in [1.54, 1.807) is 97.8 Å². The number of benzene rings is 4. The first kappa shape index (κ1) is 75.7. The number of anilines is 1. The third-order valence-electron chi connectivity index (χ3n) is 19.4. The topological polar surface area (TPSA) is 327 Å². The Kier molecular flexibility index (Phi) is 25.4. The number of hydrogen-bond donors (Lipinski definition) is 4. The van der Waals surface area contributed by atoms with E-state index in [4.69, 9.17) is 32.6 Å². The molecular formula is C73H83N9O17S5. The van der Waals surface area contributed by atoms with Gasteiger partial charge in [-0.05, 0) is 169 Å². The molecule has 0 spiro atoms. The molecule has 4 aromatic carbocycles. The maximum Gasteiger partial charge on any atom is 0.351 e. The molecule has 8 heterocycles. The summed E-state index contributed by atoms with van der Waals surface area (Å²) in [4.78, 5) is 114. The molecule has 4 fully saturated rings. The van der Waals surface area contributed by atoms with Crippen LogP contribution in [0.5, 0.6) is 11.5 Å². The van der Waals surface area contributed by atoms with Crippen molar-refractivity contribution in [3.8, 4) is 11.5 Å². The van der Waals surface area contributed by atoms with Crippen molar-refractivity contribution in [3.63, 3.8) is 0 Å². The van der Waals surface area contributed by atoms with Gasteiger partial charge in [0.1, 0.15) is 42.2 Å². The van der Waals surface area contributed by atoms with Crippen molar-refractivity contribution in [2.24, 2.45) is 23.7 Å². The Balaban J connectivity index is 0.734. The summed E-state index contributed by atoms with van der Waals surface area (Å²) in [6.07, 6.45) is 6.95. The van der Waals surface area contributed by atoms with Crippen LogP contribution in [0.4, 0.5) is 5.82 Å². The molecular weight excluding hydrogens is 1440 g/mol. The predicted molar refractivity (Wildman–Crippen MR) is 401 cm³/mol. The van der Waals surface area contributed by atoms with Crippen LogP contribution in [0.25, 0.3) is 0 Å². The van der Waals surface area contributed by atoms with Gasteiger partial charge in [-0.3, -0.25) is 56.6 Å². The number of nitrogens with one attached hydrogen (secondary N) is 4. The zero-order valence-corrected chi connectivity index (χ0v) is 61.6. The number of carbonyl (C=O) groups excluding carboxylic acids is 1. The molecule has 0 bridgehead atoms. The Hall–Kier alpha value is -7.98. The van der Waals surface area contributed by atoms with Gasteiger partial charge in [-0.15, -0.1) is 11.8 Å². The quantitative estimate of drug-likeness (QED) is 0.0171. The monoisotopic (exact) mass is 1520 g/mol. The lowest BCUT2D eigenvalue weighted by Crippen LogP contribution is -2.31. The van der Waals surface area contributed by atoms with Crippen LogP contribution in [0, 0.1) is 23.7 Å². The van der Waals surface area contributed by atoms with Crippen molar-refractivity contribution in [3.05, 3.63) is 253 Å². The van der Waals surface area contributed by atoms with Crippen LogP contribution in [0.2, 0.25) is 0 Å². The zero-order chi connectivity index (χ0) is 72.9.